The molecule has 2 aromatic rings. The second-order valence-corrected chi connectivity index (χ2v) is 4.04. The summed E-state index contributed by atoms with van der Waals surface area (Å²) in [6, 6.07) is 6.84. The minimum absolute atomic E-state index is 0.266. The second-order valence-electron chi connectivity index (χ2n) is 4.04. The summed E-state index contributed by atoms with van der Waals surface area (Å²) >= 11 is 0. The topological polar surface area (TPSA) is 38.9 Å². The van der Waals surface area contributed by atoms with Gasteiger partial charge in [0.25, 0.3) is 6.43 Å². The zero-order chi connectivity index (χ0) is 12.4. The van der Waals surface area contributed by atoms with E-state index in [4.69, 9.17) is 5.73 Å². The number of nitrogens with zero attached hydrogens (tertiary/aromatic N) is 1. The van der Waals surface area contributed by atoms with Gasteiger partial charge in [-0.1, -0.05) is 19.4 Å². The van der Waals surface area contributed by atoms with E-state index in [1.165, 1.54) is 6.07 Å². The molecule has 4 heteroatoms. The maximum Gasteiger partial charge on any atom is 0.280 e. The first kappa shape index (κ1) is 11.8. The van der Waals surface area contributed by atoms with Crippen LogP contribution in [0.3, 0.4) is 0 Å². The lowest BCUT2D eigenvalue weighted by Crippen LogP contribution is -1.97. The van der Waals surface area contributed by atoms with Crippen LogP contribution in [-0.2, 0) is 6.42 Å². The van der Waals surface area contributed by atoms with E-state index in [-0.39, 0.29) is 5.69 Å². The van der Waals surface area contributed by atoms with Crippen molar-refractivity contribution in [2.45, 2.75) is 26.2 Å². The van der Waals surface area contributed by atoms with Crippen LogP contribution in [0.15, 0.2) is 24.3 Å². The molecule has 1 aromatic heterocycles. The zero-order valence-corrected chi connectivity index (χ0v) is 9.58. The van der Waals surface area contributed by atoms with E-state index in [0.29, 0.717) is 11.2 Å². The van der Waals surface area contributed by atoms with Crippen molar-refractivity contribution in [2.24, 2.45) is 0 Å². The van der Waals surface area contributed by atoms with Gasteiger partial charge in [0.05, 0.1) is 5.52 Å². The Balaban J connectivity index is 2.56. The standard InChI is InChI=1S/C13H14F2N2/c1-2-3-8-4-5-11-9(6-8)10(16)7-12(17-11)13(14)15/h4-7,13H,2-3H2,1H3,(H2,16,17). The predicted octanol–water partition coefficient (Wildman–Crippen LogP) is 3.71. The molecule has 2 rings (SSSR count). The Morgan fingerprint density at radius 1 is 1.29 bits per heavy atom. The Kier molecular flexibility index (Phi) is 3.22. The van der Waals surface area contributed by atoms with Crippen molar-refractivity contribution in [3.05, 3.63) is 35.5 Å². The van der Waals surface area contributed by atoms with E-state index < -0.39 is 6.43 Å². The molecule has 0 aliphatic heterocycles. The van der Waals surface area contributed by atoms with Crippen molar-refractivity contribution in [1.82, 2.24) is 4.98 Å². The Morgan fingerprint density at radius 2 is 2.06 bits per heavy atom. The van der Waals surface area contributed by atoms with Gasteiger partial charge in [0.15, 0.2) is 0 Å². The van der Waals surface area contributed by atoms with Gasteiger partial charge in [-0.25, -0.2) is 13.8 Å². The van der Waals surface area contributed by atoms with Gasteiger partial charge >= 0.3 is 0 Å². The van der Waals surface area contributed by atoms with Crippen molar-refractivity contribution in [3.63, 3.8) is 0 Å². The number of anilines is 1. The Bertz CT molecular complexity index is 538. The van der Waals surface area contributed by atoms with E-state index in [0.717, 1.165) is 23.8 Å². The van der Waals surface area contributed by atoms with Gasteiger partial charge in [0, 0.05) is 11.1 Å². The van der Waals surface area contributed by atoms with Gasteiger partial charge in [-0.05, 0) is 30.2 Å². The number of hydrogen-bond donors (Lipinski definition) is 1. The molecule has 0 bridgehead atoms. The third-order valence-electron chi connectivity index (χ3n) is 2.69. The van der Waals surface area contributed by atoms with Gasteiger partial charge in [-0.3, -0.25) is 0 Å². The minimum Gasteiger partial charge on any atom is -0.398 e. The van der Waals surface area contributed by atoms with Crippen LogP contribution in [0.2, 0.25) is 0 Å². The fourth-order valence-electron chi connectivity index (χ4n) is 1.88. The quantitative estimate of drug-likeness (QED) is 0.882. The van der Waals surface area contributed by atoms with Crippen LogP contribution in [-0.4, -0.2) is 4.98 Å². The van der Waals surface area contributed by atoms with Crippen molar-refractivity contribution in [2.75, 3.05) is 5.73 Å². The summed E-state index contributed by atoms with van der Waals surface area (Å²) < 4.78 is 25.1. The maximum atomic E-state index is 12.6. The molecular weight excluding hydrogens is 222 g/mol. The smallest absolute Gasteiger partial charge is 0.280 e. The number of aromatic nitrogens is 1. The predicted molar refractivity (Wildman–Crippen MR) is 65.1 cm³/mol. The van der Waals surface area contributed by atoms with Gasteiger partial charge in [0.2, 0.25) is 0 Å². The van der Waals surface area contributed by atoms with Crippen molar-refractivity contribution < 1.29 is 8.78 Å². The van der Waals surface area contributed by atoms with E-state index in [2.05, 4.69) is 11.9 Å². The summed E-state index contributed by atoms with van der Waals surface area (Å²) in [5.41, 5.74) is 7.56. The summed E-state index contributed by atoms with van der Waals surface area (Å²) in [7, 11) is 0. The number of aryl methyl sites for hydroxylation is 1. The molecule has 0 radical (unpaired) electrons. The number of halogens is 2. The monoisotopic (exact) mass is 236 g/mol. The van der Waals surface area contributed by atoms with E-state index in [1.807, 2.05) is 12.1 Å². The molecule has 0 aliphatic carbocycles. The summed E-state index contributed by atoms with van der Waals surface area (Å²) in [5.74, 6) is 0. The van der Waals surface area contributed by atoms with Crippen LogP contribution in [0.25, 0.3) is 10.9 Å². The second kappa shape index (κ2) is 4.65. The average Bonchev–Trinajstić information content (AvgIpc) is 2.30. The number of benzene rings is 1. The fourth-order valence-corrected chi connectivity index (χ4v) is 1.88. The first-order chi connectivity index (χ1) is 8.11. The van der Waals surface area contributed by atoms with Crippen molar-refractivity contribution in [3.8, 4) is 0 Å². The van der Waals surface area contributed by atoms with Crippen LogP contribution in [0.5, 0.6) is 0 Å². The van der Waals surface area contributed by atoms with Crippen molar-refractivity contribution >= 4 is 16.6 Å². The molecule has 17 heavy (non-hydrogen) atoms. The molecule has 0 spiro atoms. The number of fused-ring (bicyclic) bond motifs is 1. The summed E-state index contributed by atoms with van der Waals surface area (Å²) in [5, 5.41) is 0.750. The third-order valence-corrected chi connectivity index (χ3v) is 2.69. The summed E-state index contributed by atoms with van der Waals surface area (Å²) in [6.07, 6.45) is -0.600. The molecule has 2 N–H and O–H groups in total. The largest absolute Gasteiger partial charge is 0.398 e. The number of alkyl halides is 2. The van der Waals surface area contributed by atoms with Crippen LogP contribution < -0.4 is 5.73 Å². The molecule has 1 heterocycles. The minimum atomic E-state index is -2.59. The highest BCUT2D eigenvalue weighted by Crippen LogP contribution is 2.26. The highest BCUT2D eigenvalue weighted by atomic mass is 19.3. The number of pyridine rings is 1. The van der Waals surface area contributed by atoms with E-state index >= 15 is 0 Å². The normalized spacial score (nSPS) is 11.3. The van der Waals surface area contributed by atoms with Crippen molar-refractivity contribution in [1.29, 1.82) is 0 Å². The van der Waals surface area contributed by atoms with Gasteiger partial charge in [0.1, 0.15) is 5.69 Å². The molecule has 0 atom stereocenters. The number of nitrogen functional groups attached to an aromatic ring is 1. The molecule has 0 saturated carbocycles. The average molecular weight is 236 g/mol. The van der Waals surface area contributed by atoms with E-state index in [9.17, 15) is 8.78 Å². The Labute approximate surface area is 98.5 Å². The molecular formula is C13H14F2N2. The molecule has 2 nitrogen and oxygen atoms in total. The summed E-state index contributed by atoms with van der Waals surface area (Å²) in [4.78, 5) is 3.91. The molecule has 1 aromatic carbocycles. The zero-order valence-electron chi connectivity index (χ0n) is 9.58. The molecule has 0 fully saturated rings. The van der Waals surface area contributed by atoms with Crippen LogP contribution in [0.1, 0.15) is 31.0 Å². The highest BCUT2D eigenvalue weighted by Gasteiger charge is 2.12. The lowest BCUT2D eigenvalue weighted by Gasteiger charge is -2.07. The first-order valence-corrected chi connectivity index (χ1v) is 5.59. The third kappa shape index (κ3) is 2.35. The lowest BCUT2D eigenvalue weighted by atomic mass is 10.1. The van der Waals surface area contributed by atoms with Gasteiger partial charge in [-0.15, -0.1) is 0 Å². The number of hydrogen-bond acceptors (Lipinski definition) is 2. The molecule has 90 valence electrons. The summed E-state index contributed by atoms with van der Waals surface area (Å²) in [6.45, 7) is 2.09. The van der Waals surface area contributed by atoms with Gasteiger partial charge in [-0.2, -0.15) is 0 Å². The number of nitrogens with two attached hydrogens (primary N) is 1. The van der Waals surface area contributed by atoms with Crippen LogP contribution in [0.4, 0.5) is 14.5 Å². The molecule has 0 amide bonds. The van der Waals surface area contributed by atoms with Gasteiger partial charge < -0.3 is 5.73 Å². The molecule has 0 unspecified atom stereocenters. The van der Waals surface area contributed by atoms with E-state index in [1.54, 1.807) is 6.07 Å². The van der Waals surface area contributed by atoms with Crippen LogP contribution >= 0.6 is 0 Å². The molecule has 0 saturated heterocycles. The lowest BCUT2D eigenvalue weighted by molar-refractivity contribution is 0.146. The Morgan fingerprint density at radius 3 is 2.71 bits per heavy atom. The highest BCUT2D eigenvalue weighted by molar-refractivity contribution is 5.90. The Hall–Kier alpha value is -1.71. The van der Waals surface area contributed by atoms with Crippen LogP contribution in [0, 0.1) is 0 Å². The number of rotatable bonds is 3. The molecule has 0 aliphatic rings. The first-order valence-electron chi connectivity index (χ1n) is 5.59. The fraction of sp³-hybridized carbons (Fsp3) is 0.308. The maximum absolute atomic E-state index is 12.6. The SMILES string of the molecule is CCCc1ccc2nc(C(F)F)cc(N)c2c1.